The topological polar surface area (TPSA) is 99.6 Å². The Bertz CT molecular complexity index is 509. The van der Waals surface area contributed by atoms with Gasteiger partial charge in [0.15, 0.2) is 4.34 Å². The van der Waals surface area contributed by atoms with Gasteiger partial charge in [-0.15, -0.1) is 10.2 Å². The van der Waals surface area contributed by atoms with Gasteiger partial charge in [-0.05, 0) is 35.2 Å². The minimum Gasteiger partial charge on any atom is -0.257 e. The van der Waals surface area contributed by atoms with E-state index in [1.54, 1.807) is 0 Å². The van der Waals surface area contributed by atoms with E-state index in [1.165, 1.54) is 11.0 Å². The van der Waals surface area contributed by atoms with Crippen LogP contribution in [0, 0.1) is 10.1 Å². The van der Waals surface area contributed by atoms with Crippen molar-refractivity contribution in [2.24, 2.45) is 0 Å². The smallest absolute Gasteiger partial charge is 0.257 e. The van der Waals surface area contributed by atoms with Crippen LogP contribution in [0.2, 0.25) is 0 Å². The zero-order chi connectivity index (χ0) is 11.5. The van der Waals surface area contributed by atoms with Gasteiger partial charge < -0.3 is 0 Å². The molecule has 8 nitrogen and oxygen atoms in total. The van der Waals surface area contributed by atoms with Gasteiger partial charge in [0, 0.05) is 0 Å². The van der Waals surface area contributed by atoms with Gasteiger partial charge >= 0.3 is 5.00 Å². The quantitative estimate of drug-likeness (QED) is 0.600. The first kappa shape index (κ1) is 11.0. The minimum absolute atomic E-state index is 0.00498. The van der Waals surface area contributed by atoms with Crippen molar-refractivity contribution in [1.29, 1.82) is 0 Å². The van der Waals surface area contributed by atoms with E-state index in [0.717, 1.165) is 23.1 Å². The van der Waals surface area contributed by atoms with Crippen molar-refractivity contribution in [3.63, 3.8) is 0 Å². The molecule has 16 heavy (non-hydrogen) atoms. The fourth-order valence-electron chi connectivity index (χ4n) is 0.863. The number of rotatable bonds is 4. The molecule has 2 rings (SSSR count). The van der Waals surface area contributed by atoms with E-state index in [1.807, 2.05) is 6.92 Å². The second-order valence-corrected chi connectivity index (χ2v) is 4.81. The summed E-state index contributed by atoms with van der Waals surface area (Å²) in [7, 11) is 0. The average Bonchev–Trinajstić information content (AvgIpc) is 2.87. The van der Waals surface area contributed by atoms with E-state index < -0.39 is 4.92 Å². The maximum absolute atomic E-state index is 10.4. The van der Waals surface area contributed by atoms with Crippen molar-refractivity contribution in [3.05, 3.63) is 16.3 Å². The van der Waals surface area contributed by atoms with Gasteiger partial charge in [-0.3, -0.25) is 10.1 Å². The van der Waals surface area contributed by atoms with Gasteiger partial charge in [-0.1, -0.05) is 0 Å². The molecule has 0 aliphatic heterocycles. The minimum atomic E-state index is -0.474. The zero-order valence-corrected chi connectivity index (χ0v) is 9.73. The molecule has 0 amide bonds. The SMILES string of the molecule is CCn1nnc(Sc2ncc([N+](=O)[O-])s2)n1. The van der Waals surface area contributed by atoms with Crippen molar-refractivity contribution in [2.75, 3.05) is 0 Å². The molecule has 10 heteroatoms. The van der Waals surface area contributed by atoms with Crippen LogP contribution in [-0.4, -0.2) is 30.1 Å². The van der Waals surface area contributed by atoms with Gasteiger partial charge in [0.05, 0.1) is 11.5 Å². The van der Waals surface area contributed by atoms with Crippen LogP contribution in [0.5, 0.6) is 0 Å². The van der Waals surface area contributed by atoms with Gasteiger partial charge in [0.2, 0.25) is 5.16 Å². The molecule has 0 aliphatic carbocycles. The second-order valence-electron chi connectivity index (χ2n) is 2.58. The summed E-state index contributed by atoms with van der Waals surface area (Å²) in [5.41, 5.74) is 0. The summed E-state index contributed by atoms with van der Waals surface area (Å²) < 4.78 is 0.530. The highest BCUT2D eigenvalue weighted by atomic mass is 32.2. The molecule has 0 spiro atoms. The molecule has 2 aromatic rings. The lowest BCUT2D eigenvalue weighted by atomic mass is 10.8. The van der Waals surface area contributed by atoms with Gasteiger partial charge in [0.1, 0.15) is 6.20 Å². The van der Waals surface area contributed by atoms with Crippen LogP contribution < -0.4 is 0 Å². The average molecular weight is 258 g/mol. The summed E-state index contributed by atoms with van der Waals surface area (Å²) in [6, 6.07) is 0. The Kier molecular flexibility index (Phi) is 3.10. The normalized spacial score (nSPS) is 10.6. The lowest BCUT2D eigenvalue weighted by Gasteiger charge is -1.87. The fraction of sp³-hybridized carbons (Fsp3) is 0.333. The molecule has 0 saturated carbocycles. The number of thiazole rings is 1. The molecule has 0 radical (unpaired) electrons. The summed E-state index contributed by atoms with van der Waals surface area (Å²) in [6.07, 6.45) is 1.22. The number of nitrogens with zero attached hydrogens (tertiary/aromatic N) is 6. The number of aromatic nitrogens is 5. The van der Waals surface area contributed by atoms with Crippen molar-refractivity contribution in [3.8, 4) is 0 Å². The van der Waals surface area contributed by atoms with E-state index in [2.05, 4.69) is 20.4 Å². The molecular weight excluding hydrogens is 252 g/mol. The van der Waals surface area contributed by atoms with Gasteiger partial charge in [-0.2, -0.15) is 4.80 Å². The first-order valence-corrected chi connectivity index (χ1v) is 5.88. The van der Waals surface area contributed by atoms with E-state index in [9.17, 15) is 10.1 Å². The molecule has 2 aromatic heterocycles. The zero-order valence-electron chi connectivity index (χ0n) is 8.10. The highest BCUT2D eigenvalue weighted by Gasteiger charge is 2.14. The molecule has 84 valence electrons. The number of aryl methyl sites for hydroxylation is 1. The summed E-state index contributed by atoms with van der Waals surface area (Å²) in [5.74, 6) is 0. The largest absolute Gasteiger partial charge is 0.344 e. The summed E-state index contributed by atoms with van der Waals surface area (Å²) in [4.78, 5) is 15.3. The third kappa shape index (κ3) is 2.33. The number of hydrogen-bond acceptors (Lipinski definition) is 8. The lowest BCUT2D eigenvalue weighted by Crippen LogP contribution is -1.98. The van der Waals surface area contributed by atoms with Gasteiger partial charge in [-0.25, -0.2) is 4.98 Å². The van der Waals surface area contributed by atoms with Crippen LogP contribution in [-0.2, 0) is 6.54 Å². The van der Waals surface area contributed by atoms with Crippen molar-refractivity contribution in [1.82, 2.24) is 25.2 Å². The molecule has 0 aromatic carbocycles. The standard InChI is InChI=1S/C6H6N6O2S2/c1-2-11-9-5(8-10-11)16-6-7-3-4(15-6)12(13)14/h3H,2H2,1H3. The lowest BCUT2D eigenvalue weighted by molar-refractivity contribution is -0.380. The number of hydrogen-bond donors (Lipinski definition) is 0. The monoisotopic (exact) mass is 258 g/mol. The molecule has 0 N–H and O–H groups in total. The third-order valence-electron chi connectivity index (χ3n) is 1.55. The van der Waals surface area contributed by atoms with Crippen LogP contribution in [0.15, 0.2) is 15.7 Å². The summed E-state index contributed by atoms with van der Waals surface area (Å²) in [5, 5.41) is 22.5. The van der Waals surface area contributed by atoms with Crippen LogP contribution in [0.25, 0.3) is 0 Å². The van der Waals surface area contributed by atoms with Crippen molar-refractivity contribution < 1.29 is 4.92 Å². The maximum atomic E-state index is 10.4. The molecule has 0 fully saturated rings. The Balaban J connectivity index is 2.11. The van der Waals surface area contributed by atoms with Crippen LogP contribution >= 0.6 is 23.1 Å². The van der Waals surface area contributed by atoms with Crippen molar-refractivity contribution in [2.45, 2.75) is 23.0 Å². The molecule has 0 unspecified atom stereocenters. The van der Waals surface area contributed by atoms with Crippen LogP contribution in [0.4, 0.5) is 5.00 Å². The first-order chi connectivity index (χ1) is 7.69. The Labute approximate surface area is 97.8 Å². The van der Waals surface area contributed by atoms with E-state index in [4.69, 9.17) is 0 Å². The van der Waals surface area contributed by atoms with Crippen LogP contribution in [0.1, 0.15) is 6.92 Å². The van der Waals surface area contributed by atoms with E-state index >= 15 is 0 Å². The Hall–Kier alpha value is -1.55. The Morgan fingerprint density at radius 1 is 1.69 bits per heavy atom. The molecule has 0 bridgehead atoms. The maximum Gasteiger partial charge on any atom is 0.344 e. The van der Waals surface area contributed by atoms with E-state index in [0.29, 0.717) is 16.0 Å². The van der Waals surface area contributed by atoms with E-state index in [-0.39, 0.29) is 5.00 Å². The number of nitro groups is 1. The molecule has 2 heterocycles. The molecule has 0 atom stereocenters. The molecular formula is C6H6N6O2S2. The van der Waals surface area contributed by atoms with Crippen molar-refractivity contribution >= 4 is 28.1 Å². The predicted molar refractivity (Wildman–Crippen MR) is 56.4 cm³/mol. The molecule has 0 saturated heterocycles. The first-order valence-electron chi connectivity index (χ1n) is 4.25. The van der Waals surface area contributed by atoms with Gasteiger partial charge in [0.25, 0.3) is 0 Å². The Morgan fingerprint density at radius 2 is 2.50 bits per heavy atom. The fourth-order valence-corrected chi connectivity index (χ4v) is 2.45. The summed E-state index contributed by atoms with van der Waals surface area (Å²) >= 11 is 2.15. The Morgan fingerprint density at radius 3 is 3.06 bits per heavy atom. The second kappa shape index (κ2) is 4.53. The predicted octanol–water partition coefficient (Wildman–Crippen LogP) is 1.21. The summed E-state index contributed by atoms with van der Waals surface area (Å²) in [6.45, 7) is 2.52. The highest BCUT2D eigenvalue weighted by molar-refractivity contribution is 8.00. The molecule has 0 aliphatic rings. The number of tetrazole rings is 1. The highest BCUT2D eigenvalue weighted by Crippen LogP contribution is 2.31. The third-order valence-corrected chi connectivity index (χ3v) is 3.42. The van der Waals surface area contributed by atoms with Crippen LogP contribution in [0.3, 0.4) is 0 Å².